The molecule has 0 fully saturated rings. The number of nitro benzene ring substituents is 1. The second kappa shape index (κ2) is 13.7. The third-order valence-corrected chi connectivity index (χ3v) is 5.57. The van der Waals surface area contributed by atoms with E-state index >= 15 is 0 Å². The van der Waals surface area contributed by atoms with Crippen molar-refractivity contribution in [2.75, 3.05) is 13.2 Å². The predicted molar refractivity (Wildman–Crippen MR) is 134 cm³/mol. The molecule has 33 heavy (non-hydrogen) atoms. The number of unbranched alkanes of at least 4 members (excludes halogenated alkanes) is 6. The summed E-state index contributed by atoms with van der Waals surface area (Å²) in [5.41, 5.74) is 1.27. The molecule has 0 aliphatic rings. The molecule has 0 saturated carbocycles. The molecule has 0 aliphatic heterocycles. The van der Waals surface area contributed by atoms with Crippen molar-refractivity contribution >= 4 is 16.6 Å². The van der Waals surface area contributed by atoms with Crippen LogP contribution < -0.4 is 15.0 Å². The number of aromatic nitrogens is 1. The van der Waals surface area contributed by atoms with Gasteiger partial charge in [0.25, 0.3) is 11.2 Å². The van der Waals surface area contributed by atoms with E-state index in [2.05, 4.69) is 13.8 Å². The van der Waals surface area contributed by atoms with Crippen molar-refractivity contribution in [1.82, 2.24) is 4.57 Å². The van der Waals surface area contributed by atoms with Crippen LogP contribution in [0.25, 0.3) is 10.9 Å². The molecule has 182 valence electrons. The van der Waals surface area contributed by atoms with E-state index in [9.17, 15) is 14.9 Å². The van der Waals surface area contributed by atoms with Gasteiger partial charge in [0.15, 0.2) is 5.75 Å². The maximum absolute atomic E-state index is 13.5. The number of rotatable bonds is 15. The van der Waals surface area contributed by atoms with Gasteiger partial charge >= 0.3 is 0 Å². The van der Waals surface area contributed by atoms with Crippen molar-refractivity contribution in [3.8, 4) is 11.5 Å². The van der Waals surface area contributed by atoms with Gasteiger partial charge in [0.1, 0.15) is 6.61 Å². The van der Waals surface area contributed by atoms with Gasteiger partial charge in [-0.25, -0.2) is 0 Å². The summed E-state index contributed by atoms with van der Waals surface area (Å²) >= 11 is 0. The lowest BCUT2D eigenvalue weighted by molar-refractivity contribution is -0.384. The summed E-state index contributed by atoms with van der Waals surface area (Å²) in [4.78, 5) is 24.5. The van der Waals surface area contributed by atoms with Crippen LogP contribution in [0.5, 0.6) is 11.5 Å². The van der Waals surface area contributed by atoms with Gasteiger partial charge in [-0.1, -0.05) is 57.9 Å². The minimum Gasteiger partial charge on any atom is -0.485 e. The Morgan fingerprint density at radius 2 is 1.70 bits per heavy atom. The number of nitrogens with zero attached hydrogens (tertiary/aromatic N) is 2. The summed E-state index contributed by atoms with van der Waals surface area (Å²) in [5.74, 6) is 0.552. The smallest absolute Gasteiger partial charge is 0.297 e. The molecule has 1 heterocycles. The minimum absolute atomic E-state index is 0.0477. The fraction of sp³-hybridized carbons (Fsp3) is 0.577. The number of nitro groups is 1. The summed E-state index contributed by atoms with van der Waals surface area (Å²) in [6.07, 6.45) is 10.2. The lowest BCUT2D eigenvalue weighted by Crippen LogP contribution is -2.24. The van der Waals surface area contributed by atoms with Crippen LogP contribution in [0, 0.1) is 10.1 Å². The zero-order valence-electron chi connectivity index (χ0n) is 20.5. The molecule has 0 saturated heterocycles. The topological polar surface area (TPSA) is 83.6 Å². The summed E-state index contributed by atoms with van der Waals surface area (Å²) in [5, 5.41) is 12.1. The van der Waals surface area contributed by atoms with Crippen LogP contribution in [-0.2, 0) is 6.54 Å². The third-order valence-electron chi connectivity index (χ3n) is 5.57. The lowest BCUT2D eigenvalue weighted by Gasteiger charge is -2.18. The molecular formula is C26H38N2O5. The number of pyridine rings is 1. The highest BCUT2D eigenvalue weighted by Gasteiger charge is 2.21. The largest absolute Gasteiger partial charge is 0.485 e. The van der Waals surface area contributed by atoms with Gasteiger partial charge in [0, 0.05) is 24.1 Å². The van der Waals surface area contributed by atoms with E-state index in [0.717, 1.165) is 37.7 Å². The highest BCUT2D eigenvalue weighted by atomic mass is 16.6. The normalized spacial score (nSPS) is 10.9. The van der Waals surface area contributed by atoms with Crippen molar-refractivity contribution in [2.45, 2.75) is 85.6 Å². The van der Waals surface area contributed by atoms with E-state index in [1.165, 1.54) is 31.4 Å². The van der Waals surface area contributed by atoms with Crippen molar-refractivity contribution in [2.24, 2.45) is 0 Å². The molecule has 0 unspecified atom stereocenters. The fourth-order valence-corrected chi connectivity index (χ4v) is 3.65. The Balaban J connectivity index is 2.53. The van der Waals surface area contributed by atoms with Crippen LogP contribution in [0.15, 0.2) is 34.6 Å². The molecule has 7 nitrogen and oxygen atoms in total. The Bertz CT molecular complexity index is 1010. The lowest BCUT2D eigenvalue weighted by atomic mass is 10.1. The number of hydrogen-bond acceptors (Lipinski definition) is 5. The SMILES string of the molecule is CCCCCCCCn1c(=O)c(OCCCC)c(OCC=C(C)C)c2ccc([N+](=O)[O-])cc21. The average molecular weight is 459 g/mol. The van der Waals surface area contributed by atoms with Crippen molar-refractivity contribution in [1.29, 1.82) is 0 Å². The molecule has 0 N–H and O–H groups in total. The van der Waals surface area contributed by atoms with E-state index in [1.54, 1.807) is 10.6 Å². The Morgan fingerprint density at radius 3 is 2.36 bits per heavy atom. The number of ether oxygens (including phenoxy) is 2. The number of hydrogen-bond donors (Lipinski definition) is 0. The van der Waals surface area contributed by atoms with Crippen LogP contribution in [0.1, 0.15) is 79.1 Å². The molecule has 2 rings (SSSR count). The van der Waals surface area contributed by atoms with Crippen molar-refractivity contribution < 1.29 is 14.4 Å². The first-order valence-electron chi connectivity index (χ1n) is 12.1. The molecule has 1 aromatic carbocycles. The monoisotopic (exact) mass is 458 g/mol. The van der Waals surface area contributed by atoms with Crippen LogP contribution in [-0.4, -0.2) is 22.7 Å². The maximum atomic E-state index is 13.5. The molecule has 0 aliphatic carbocycles. The summed E-state index contributed by atoms with van der Waals surface area (Å²) in [6, 6.07) is 4.58. The van der Waals surface area contributed by atoms with Gasteiger partial charge in [-0.15, -0.1) is 0 Å². The zero-order valence-corrected chi connectivity index (χ0v) is 20.5. The van der Waals surface area contributed by atoms with E-state index in [4.69, 9.17) is 9.47 Å². The van der Waals surface area contributed by atoms with E-state index in [0.29, 0.717) is 36.4 Å². The van der Waals surface area contributed by atoms with Crippen molar-refractivity contribution in [3.63, 3.8) is 0 Å². The first kappa shape index (κ1) is 26.4. The summed E-state index contributed by atoms with van der Waals surface area (Å²) in [6.45, 7) is 9.39. The molecule has 0 amide bonds. The standard InChI is InChI=1S/C26H38N2O5/c1-5-7-9-10-11-12-16-27-23-19-21(28(30)31)13-14-22(23)24(33-18-15-20(3)4)25(26(27)29)32-17-8-6-2/h13-15,19H,5-12,16-18H2,1-4H3. The van der Waals surface area contributed by atoms with E-state index in [-0.39, 0.29) is 17.0 Å². The van der Waals surface area contributed by atoms with Crippen molar-refractivity contribution in [3.05, 3.63) is 50.3 Å². The number of fused-ring (bicyclic) bond motifs is 1. The van der Waals surface area contributed by atoms with Crippen LogP contribution in [0.4, 0.5) is 5.69 Å². The second-order valence-electron chi connectivity index (χ2n) is 8.64. The average Bonchev–Trinajstić information content (AvgIpc) is 2.78. The fourth-order valence-electron chi connectivity index (χ4n) is 3.65. The Hall–Kier alpha value is -2.83. The summed E-state index contributed by atoms with van der Waals surface area (Å²) < 4.78 is 13.6. The third kappa shape index (κ3) is 7.62. The molecule has 1 aromatic heterocycles. The molecule has 7 heteroatoms. The van der Waals surface area contributed by atoms with Crippen LogP contribution in [0.3, 0.4) is 0 Å². The first-order chi connectivity index (χ1) is 15.9. The van der Waals surface area contributed by atoms with Gasteiger partial charge in [-0.05, 0) is 38.8 Å². The number of benzene rings is 1. The molecule has 0 atom stereocenters. The highest BCUT2D eigenvalue weighted by molar-refractivity contribution is 5.89. The second-order valence-corrected chi connectivity index (χ2v) is 8.64. The maximum Gasteiger partial charge on any atom is 0.297 e. The van der Waals surface area contributed by atoms with Gasteiger partial charge < -0.3 is 14.0 Å². The van der Waals surface area contributed by atoms with Gasteiger partial charge in [0.05, 0.1) is 17.0 Å². The zero-order chi connectivity index (χ0) is 24.2. The highest BCUT2D eigenvalue weighted by Crippen LogP contribution is 2.35. The molecule has 0 bridgehead atoms. The van der Waals surface area contributed by atoms with Gasteiger partial charge in [-0.2, -0.15) is 0 Å². The predicted octanol–water partition coefficient (Wildman–Crippen LogP) is 6.79. The Labute approximate surface area is 196 Å². The van der Waals surface area contributed by atoms with Crippen LogP contribution >= 0.6 is 0 Å². The number of non-ortho nitro benzene ring substituents is 1. The molecule has 2 aromatic rings. The molecular weight excluding hydrogens is 420 g/mol. The Kier molecular flexibility index (Phi) is 10.9. The van der Waals surface area contributed by atoms with Gasteiger partial charge in [-0.3, -0.25) is 14.9 Å². The number of allylic oxidation sites excluding steroid dienone is 1. The Morgan fingerprint density at radius 1 is 1.00 bits per heavy atom. The minimum atomic E-state index is -0.436. The van der Waals surface area contributed by atoms with E-state index in [1.807, 2.05) is 19.9 Å². The van der Waals surface area contributed by atoms with E-state index < -0.39 is 4.92 Å². The summed E-state index contributed by atoms with van der Waals surface area (Å²) in [7, 11) is 0. The van der Waals surface area contributed by atoms with Gasteiger partial charge in [0.2, 0.25) is 5.75 Å². The number of aryl methyl sites for hydroxylation is 1. The first-order valence-corrected chi connectivity index (χ1v) is 12.1. The molecule has 0 spiro atoms. The quantitative estimate of drug-likeness (QED) is 0.127. The van der Waals surface area contributed by atoms with Crippen LogP contribution in [0.2, 0.25) is 0 Å². The molecule has 0 radical (unpaired) electrons.